The van der Waals surface area contributed by atoms with Gasteiger partial charge in [-0.05, 0) is 37.2 Å². The van der Waals surface area contributed by atoms with Gasteiger partial charge in [0.1, 0.15) is 0 Å². The van der Waals surface area contributed by atoms with Gasteiger partial charge in [0.25, 0.3) is 0 Å². The lowest BCUT2D eigenvalue weighted by molar-refractivity contribution is 0.114. The van der Waals surface area contributed by atoms with Crippen molar-refractivity contribution in [2.45, 2.75) is 18.9 Å². The third-order valence-electron chi connectivity index (χ3n) is 3.13. The van der Waals surface area contributed by atoms with Crippen molar-refractivity contribution in [1.29, 1.82) is 0 Å². The summed E-state index contributed by atoms with van der Waals surface area (Å²) in [5.41, 5.74) is 3.25. The highest BCUT2D eigenvalue weighted by atomic mass is 32.1. The minimum atomic E-state index is 0.0452. The first kappa shape index (κ1) is 15.5. The molecular formula is C14H19N3O3S. The molecule has 0 spiro atoms. The summed E-state index contributed by atoms with van der Waals surface area (Å²) in [6.45, 7) is 1.49. The molecular weight excluding hydrogens is 290 g/mol. The van der Waals surface area contributed by atoms with Crippen molar-refractivity contribution in [2.24, 2.45) is 5.10 Å². The molecule has 0 bridgehead atoms. The smallest absolute Gasteiger partial charge is 0.187 e. The van der Waals surface area contributed by atoms with Gasteiger partial charge in [0, 0.05) is 18.7 Å². The first-order chi connectivity index (χ1) is 10.2. The zero-order chi connectivity index (χ0) is 15.1. The van der Waals surface area contributed by atoms with E-state index in [0.29, 0.717) is 23.0 Å². The van der Waals surface area contributed by atoms with E-state index in [2.05, 4.69) is 15.8 Å². The second-order valence-corrected chi connectivity index (χ2v) is 5.02. The minimum absolute atomic E-state index is 0.0452. The summed E-state index contributed by atoms with van der Waals surface area (Å²) in [4.78, 5) is 0. The zero-order valence-electron chi connectivity index (χ0n) is 11.8. The van der Waals surface area contributed by atoms with Crippen LogP contribution in [0.25, 0.3) is 0 Å². The number of para-hydroxylation sites is 1. The topological polar surface area (TPSA) is 75.1 Å². The molecule has 7 heteroatoms. The Balaban J connectivity index is 1.80. The van der Waals surface area contributed by atoms with Crippen LogP contribution in [-0.2, 0) is 4.74 Å². The lowest BCUT2D eigenvalue weighted by atomic mass is 10.2. The fourth-order valence-corrected chi connectivity index (χ4v) is 2.16. The highest BCUT2D eigenvalue weighted by Gasteiger charge is 2.15. The number of nitrogens with zero attached hydrogens (tertiary/aromatic N) is 1. The summed E-state index contributed by atoms with van der Waals surface area (Å²) in [5.74, 6) is 0.446. The molecule has 1 aromatic rings. The van der Waals surface area contributed by atoms with Crippen LogP contribution in [0.5, 0.6) is 11.5 Å². The molecule has 6 nitrogen and oxygen atoms in total. The predicted octanol–water partition coefficient (Wildman–Crippen LogP) is 1.38. The van der Waals surface area contributed by atoms with Gasteiger partial charge in [-0.15, -0.1) is 0 Å². The van der Waals surface area contributed by atoms with Gasteiger partial charge in [0.05, 0.1) is 19.4 Å². The van der Waals surface area contributed by atoms with E-state index in [9.17, 15) is 5.11 Å². The number of hydrazone groups is 1. The number of aromatic hydroxyl groups is 1. The van der Waals surface area contributed by atoms with Gasteiger partial charge in [0.15, 0.2) is 16.6 Å². The van der Waals surface area contributed by atoms with E-state index < -0.39 is 0 Å². The Morgan fingerprint density at radius 3 is 3.19 bits per heavy atom. The minimum Gasteiger partial charge on any atom is -0.504 e. The van der Waals surface area contributed by atoms with Gasteiger partial charge in [-0.3, -0.25) is 5.43 Å². The number of hydrogen-bond donors (Lipinski definition) is 3. The molecule has 1 aromatic carbocycles. The Kier molecular flexibility index (Phi) is 5.77. The molecule has 0 radical (unpaired) electrons. The van der Waals surface area contributed by atoms with Crippen molar-refractivity contribution in [1.82, 2.24) is 10.7 Å². The number of nitrogens with one attached hydrogen (secondary N) is 2. The molecule has 1 atom stereocenters. The van der Waals surface area contributed by atoms with Crippen LogP contribution in [-0.4, -0.2) is 42.8 Å². The van der Waals surface area contributed by atoms with E-state index in [-0.39, 0.29) is 11.9 Å². The van der Waals surface area contributed by atoms with E-state index in [4.69, 9.17) is 21.7 Å². The standard InChI is InChI=1S/C14H19N3O3S/c1-19-12-6-2-4-10(13(12)18)8-16-17-14(21)15-9-11-5-3-7-20-11/h2,4,6,8,11,18H,3,5,7,9H2,1H3,(H2,15,17,21)/b16-8+/t11-/m1/s1. The van der Waals surface area contributed by atoms with E-state index in [1.54, 1.807) is 18.2 Å². The van der Waals surface area contributed by atoms with Gasteiger partial charge in [-0.25, -0.2) is 0 Å². The number of phenols is 1. The summed E-state index contributed by atoms with van der Waals surface area (Å²) >= 11 is 5.11. The van der Waals surface area contributed by atoms with Crippen molar-refractivity contribution in [2.75, 3.05) is 20.3 Å². The largest absolute Gasteiger partial charge is 0.504 e. The number of ether oxygens (including phenoxy) is 2. The third-order valence-corrected chi connectivity index (χ3v) is 3.37. The normalized spacial score (nSPS) is 17.9. The highest BCUT2D eigenvalue weighted by Crippen LogP contribution is 2.27. The molecule has 1 fully saturated rings. The van der Waals surface area contributed by atoms with Crippen molar-refractivity contribution in [3.05, 3.63) is 23.8 Å². The lowest BCUT2D eigenvalue weighted by Gasteiger charge is -2.11. The summed E-state index contributed by atoms with van der Waals surface area (Å²) in [6, 6.07) is 5.17. The predicted molar refractivity (Wildman–Crippen MR) is 85.0 cm³/mol. The second kappa shape index (κ2) is 7.80. The monoisotopic (exact) mass is 309 g/mol. The maximum absolute atomic E-state index is 9.89. The molecule has 1 heterocycles. The summed E-state index contributed by atoms with van der Waals surface area (Å²) in [5, 5.41) is 17.3. The van der Waals surface area contributed by atoms with Gasteiger partial charge in [-0.2, -0.15) is 5.10 Å². The molecule has 1 aliphatic heterocycles. The Labute approximate surface area is 129 Å². The number of thiocarbonyl (C=S) groups is 1. The Hall–Kier alpha value is -1.86. The first-order valence-electron chi connectivity index (χ1n) is 6.75. The van der Waals surface area contributed by atoms with E-state index >= 15 is 0 Å². The molecule has 2 rings (SSSR count). The molecule has 114 valence electrons. The van der Waals surface area contributed by atoms with Crippen molar-refractivity contribution in [3.8, 4) is 11.5 Å². The second-order valence-electron chi connectivity index (χ2n) is 4.61. The van der Waals surface area contributed by atoms with Crippen LogP contribution in [0.15, 0.2) is 23.3 Å². The van der Waals surface area contributed by atoms with Gasteiger partial charge in [-0.1, -0.05) is 6.07 Å². The van der Waals surface area contributed by atoms with Crippen molar-refractivity contribution in [3.63, 3.8) is 0 Å². The fraction of sp³-hybridized carbons (Fsp3) is 0.429. The van der Waals surface area contributed by atoms with Gasteiger partial charge < -0.3 is 19.9 Å². The number of hydrogen-bond acceptors (Lipinski definition) is 5. The third kappa shape index (κ3) is 4.57. The van der Waals surface area contributed by atoms with Gasteiger partial charge >= 0.3 is 0 Å². The van der Waals surface area contributed by atoms with E-state index in [1.165, 1.54) is 13.3 Å². The van der Waals surface area contributed by atoms with Crippen molar-refractivity contribution >= 4 is 23.5 Å². The number of benzene rings is 1. The first-order valence-corrected chi connectivity index (χ1v) is 7.16. The summed E-state index contributed by atoms with van der Waals surface area (Å²) < 4.78 is 10.5. The Morgan fingerprint density at radius 1 is 1.62 bits per heavy atom. The maximum atomic E-state index is 9.89. The maximum Gasteiger partial charge on any atom is 0.187 e. The number of phenolic OH excluding ortho intramolecular Hbond substituents is 1. The van der Waals surface area contributed by atoms with Crippen LogP contribution in [0.4, 0.5) is 0 Å². The zero-order valence-corrected chi connectivity index (χ0v) is 12.7. The van der Waals surface area contributed by atoms with Crippen LogP contribution in [0.1, 0.15) is 18.4 Å². The molecule has 0 saturated carbocycles. The summed E-state index contributed by atoms with van der Waals surface area (Å²) in [7, 11) is 1.50. The Bertz CT molecular complexity index is 516. The molecule has 3 N–H and O–H groups in total. The number of rotatable bonds is 5. The lowest BCUT2D eigenvalue weighted by Crippen LogP contribution is -2.37. The average molecular weight is 309 g/mol. The van der Waals surface area contributed by atoms with Crippen LogP contribution in [0.3, 0.4) is 0 Å². The van der Waals surface area contributed by atoms with Gasteiger partial charge in [0.2, 0.25) is 0 Å². The van der Waals surface area contributed by atoms with Crippen LogP contribution >= 0.6 is 12.2 Å². The highest BCUT2D eigenvalue weighted by molar-refractivity contribution is 7.80. The molecule has 0 aromatic heterocycles. The Morgan fingerprint density at radius 2 is 2.48 bits per heavy atom. The molecule has 0 unspecified atom stereocenters. The van der Waals surface area contributed by atoms with E-state index in [1.807, 2.05) is 0 Å². The molecule has 0 amide bonds. The van der Waals surface area contributed by atoms with Crippen LogP contribution in [0.2, 0.25) is 0 Å². The summed E-state index contributed by atoms with van der Waals surface area (Å²) in [6.07, 6.45) is 3.85. The molecule has 1 aliphatic rings. The average Bonchev–Trinajstić information content (AvgIpc) is 3.00. The molecule has 21 heavy (non-hydrogen) atoms. The SMILES string of the molecule is COc1cccc(/C=N/NC(=S)NC[C@H]2CCCO2)c1O. The fourth-order valence-electron chi connectivity index (χ4n) is 2.02. The molecule has 0 aliphatic carbocycles. The van der Waals surface area contributed by atoms with E-state index in [0.717, 1.165) is 19.4 Å². The quantitative estimate of drug-likeness (QED) is 0.433. The molecule has 1 saturated heterocycles. The van der Waals surface area contributed by atoms with Crippen LogP contribution < -0.4 is 15.5 Å². The van der Waals surface area contributed by atoms with Crippen molar-refractivity contribution < 1.29 is 14.6 Å². The number of methoxy groups -OCH3 is 1. The van der Waals surface area contributed by atoms with Crippen LogP contribution in [0, 0.1) is 0 Å².